The summed E-state index contributed by atoms with van der Waals surface area (Å²) in [6, 6.07) is 13.6. The Morgan fingerprint density at radius 3 is 2.79 bits per heavy atom. The lowest BCUT2D eigenvalue weighted by atomic mass is 10.1. The van der Waals surface area contributed by atoms with Crippen molar-refractivity contribution >= 4 is 0 Å². The molecular formula is C19H21NO4. The van der Waals surface area contributed by atoms with Crippen molar-refractivity contribution in [1.82, 2.24) is 4.90 Å². The molecule has 0 radical (unpaired) electrons. The molecule has 4 rings (SSSR count). The van der Waals surface area contributed by atoms with E-state index in [1.165, 1.54) is 0 Å². The quantitative estimate of drug-likeness (QED) is 0.937. The molecule has 0 unspecified atom stereocenters. The van der Waals surface area contributed by atoms with Gasteiger partial charge in [-0.2, -0.15) is 0 Å². The van der Waals surface area contributed by atoms with Gasteiger partial charge in [0.1, 0.15) is 25.1 Å². The lowest BCUT2D eigenvalue weighted by Crippen LogP contribution is -2.41. The summed E-state index contributed by atoms with van der Waals surface area (Å²) in [4.78, 5) is 2.31. The van der Waals surface area contributed by atoms with Crippen LogP contribution in [0.4, 0.5) is 0 Å². The number of rotatable bonds is 3. The van der Waals surface area contributed by atoms with Gasteiger partial charge in [0.25, 0.3) is 0 Å². The Morgan fingerprint density at radius 1 is 1.04 bits per heavy atom. The molecule has 2 aliphatic rings. The largest absolute Gasteiger partial charge is 0.492 e. The number of aliphatic hydroxyl groups is 1. The smallest absolute Gasteiger partial charge is 0.161 e. The monoisotopic (exact) mass is 327 g/mol. The second-order valence-electron chi connectivity index (χ2n) is 6.18. The molecule has 126 valence electrons. The molecule has 2 aromatic carbocycles. The number of benzene rings is 2. The fourth-order valence-electron chi connectivity index (χ4n) is 3.20. The highest BCUT2D eigenvalue weighted by Crippen LogP contribution is 2.31. The molecule has 2 heterocycles. The Hall–Kier alpha value is -2.24. The number of aliphatic hydroxyl groups excluding tert-OH is 1. The van der Waals surface area contributed by atoms with Crippen molar-refractivity contribution in [2.75, 3.05) is 26.3 Å². The van der Waals surface area contributed by atoms with Crippen molar-refractivity contribution in [2.45, 2.75) is 19.3 Å². The maximum absolute atomic E-state index is 9.34. The molecule has 1 N–H and O–H groups in total. The highest BCUT2D eigenvalue weighted by molar-refractivity contribution is 5.41. The molecule has 2 aromatic rings. The van der Waals surface area contributed by atoms with E-state index in [-0.39, 0.29) is 12.7 Å². The molecule has 5 heteroatoms. The molecule has 0 saturated heterocycles. The van der Waals surface area contributed by atoms with Crippen molar-refractivity contribution in [3.63, 3.8) is 0 Å². The zero-order valence-electron chi connectivity index (χ0n) is 13.5. The van der Waals surface area contributed by atoms with Gasteiger partial charge in [0.05, 0.1) is 6.61 Å². The zero-order valence-corrected chi connectivity index (χ0v) is 13.5. The van der Waals surface area contributed by atoms with Crippen LogP contribution in [0.25, 0.3) is 0 Å². The minimum absolute atomic E-state index is 0.00229. The molecule has 0 spiro atoms. The van der Waals surface area contributed by atoms with Crippen LogP contribution in [0, 0.1) is 0 Å². The van der Waals surface area contributed by atoms with Gasteiger partial charge in [0.2, 0.25) is 0 Å². The molecule has 0 amide bonds. The molecule has 0 aromatic heterocycles. The fraction of sp³-hybridized carbons (Fsp3) is 0.368. The average molecular weight is 327 g/mol. The van der Waals surface area contributed by atoms with Crippen molar-refractivity contribution in [2.24, 2.45) is 0 Å². The van der Waals surface area contributed by atoms with E-state index in [4.69, 9.17) is 14.2 Å². The third-order valence-corrected chi connectivity index (χ3v) is 4.40. The van der Waals surface area contributed by atoms with E-state index < -0.39 is 0 Å². The highest BCUT2D eigenvalue weighted by Gasteiger charge is 2.25. The van der Waals surface area contributed by atoms with E-state index in [2.05, 4.69) is 4.90 Å². The summed E-state index contributed by atoms with van der Waals surface area (Å²) in [7, 11) is 0. The second kappa shape index (κ2) is 6.71. The molecule has 0 fully saturated rings. The minimum Gasteiger partial charge on any atom is -0.492 e. The standard InChI is InChI=1S/C19H21NO4/c21-12-14-5-6-17-15(9-14)10-20(7-8-22-17)11-16-13-23-18-3-1-2-4-19(18)24-16/h1-6,9,16,21H,7-8,10-13H2/t16-/m1/s1. The normalized spacial score (nSPS) is 20.0. The predicted octanol–water partition coefficient (Wildman–Crippen LogP) is 2.21. The van der Waals surface area contributed by atoms with Crippen LogP contribution in [0.2, 0.25) is 0 Å². The summed E-state index contributed by atoms with van der Waals surface area (Å²) in [6.07, 6.45) is 0.00229. The van der Waals surface area contributed by atoms with E-state index in [1.807, 2.05) is 42.5 Å². The maximum Gasteiger partial charge on any atom is 0.161 e. The molecule has 0 saturated carbocycles. The van der Waals surface area contributed by atoms with Gasteiger partial charge >= 0.3 is 0 Å². The molecule has 2 aliphatic heterocycles. The number of fused-ring (bicyclic) bond motifs is 2. The van der Waals surface area contributed by atoms with E-state index in [0.717, 1.165) is 48.0 Å². The Balaban J connectivity index is 1.45. The van der Waals surface area contributed by atoms with Gasteiger partial charge in [-0.15, -0.1) is 0 Å². The summed E-state index contributed by atoms with van der Waals surface area (Å²) in [5.74, 6) is 2.52. The number of hydrogen-bond acceptors (Lipinski definition) is 5. The van der Waals surface area contributed by atoms with Crippen LogP contribution in [-0.4, -0.2) is 42.4 Å². The maximum atomic E-state index is 9.34. The van der Waals surface area contributed by atoms with Crippen molar-refractivity contribution in [3.8, 4) is 17.2 Å². The lowest BCUT2D eigenvalue weighted by molar-refractivity contribution is 0.0550. The molecule has 0 aliphatic carbocycles. The highest BCUT2D eigenvalue weighted by atomic mass is 16.6. The first-order valence-corrected chi connectivity index (χ1v) is 8.28. The SMILES string of the molecule is OCc1ccc2c(c1)CN(C[C@@H]1COc3ccccc3O1)CCO2. The van der Waals surface area contributed by atoms with Crippen LogP contribution in [-0.2, 0) is 13.2 Å². The Labute approximate surface area is 141 Å². The predicted molar refractivity (Wildman–Crippen MR) is 89.5 cm³/mol. The van der Waals surface area contributed by atoms with E-state index in [9.17, 15) is 5.11 Å². The van der Waals surface area contributed by atoms with Gasteiger partial charge in [-0.25, -0.2) is 0 Å². The summed E-state index contributed by atoms with van der Waals surface area (Å²) in [5.41, 5.74) is 2.02. The molecule has 0 bridgehead atoms. The molecule has 1 atom stereocenters. The van der Waals surface area contributed by atoms with Gasteiger partial charge in [0.15, 0.2) is 11.5 Å². The van der Waals surface area contributed by atoms with Crippen LogP contribution in [0.3, 0.4) is 0 Å². The van der Waals surface area contributed by atoms with Crippen LogP contribution < -0.4 is 14.2 Å². The van der Waals surface area contributed by atoms with Crippen molar-refractivity contribution < 1.29 is 19.3 Å². The number of para-hydroxylation sites is 2. The summed E-state index contributed by atoms with van der Waals surface area (Å²) < 4.78 is 17.7. The number of hydrogen-bond donors (Lipinski definition) is 1. The first-order valence-electron chi connectivity index (χ1n) is 8.28. The zero-order chi connectivity index (χ0) is 16.4. The van der Waals surface area contributed by atoms with Gasteiger partial charge in [-0.3, -0.25) is 4.90 Å². The van der Waals surface area contributed by atoms with E-state index in [1.54, 1.807) is 0 Å². The van der Waals surface area contributed by atoms with Gasteiger partial charge in [0, 0.05) is 25.2 Å². The summed E-state index contributed by atoms with van der Waals surface area (Å²) >= 11 is 0. The lowest BCUT2D eigenvalue weighted by Gasteiger charge is -2.30. The third-order valence-electron chi connectivity index (χ3n) is 4.40. The van der Waals surface area contributed by atoms with Crippen LogP contribution in [0.15, 0.2) is 42.5 Å². The van der Waals surface area contributed by atoms with Gasteiger partial charge in [-0.1, -0.05) is 18.2 Å². The molecule has 5 nitrogen and oxygen atoms in total. The second-order valence-corrected chi connectivity index (χ2v) is 6.18. The van der Waals surface area contributed by atoms with Crippen molar-refractivity contribution in [1.29, 1.82) is 0 Å². The summed E-state index contributed by atoms with van der Waals surface area (Å²) in [5, 5.41) is 9.34. The first kappa shape index (κ1) is 15.3. The Kier molecular flexibility index (Phi) is 4.28. The van der Waals surface area contributed by atoms with Crippen LogP contribution in [0.5, 0.6) is 17.2 Å². The summed E-state index contributed by atoms with van der Waals surface area (Å²) in [6.45, 7) is 3.65. The fourth-order valence-corrected chi connectivity index (χ4v) is 3.20. The molecular weight excluding hydrogens is 306 g/mol. The van der Waals surface area contributed by atoms with Crippen LogP contribution >= 0.6 is 0 Å². The average Bonchev–Trinajstić information content (AvgIpc) is 2.82. The van der Waals surface area contributed by atoms with Crippen molar-refractivity contribution in [3.05, 3.63) is 53.6 Å². The van der Waals surface area contributed by atoms with Gasteiger partial charge in [-0.05, 0) is 29.8 Å². The third kappa shape index (κ3) is 3.18. The first-order chi connectivity index (χ1) is 11.8. The molecule has 24 heavy (non-hydrogen) atoms. The minimum atomic E-state index is 0.00229. The van der Waals surface area contributed by atoms with E-state index >= 15 is 0 Å². The number of ether oxygens (including phenoxy) is 3. The van der Waals surface area contributed by atoms with Crippen LogP contribution in [0.1, 0.15) is 11.1 Å². The van der Waals surface area contributed by atoms with Gasteiger partial charge < -0.3 is 19.3 Å². The Bertz CT molecular complexity index is 718. The Morgan fingerprint density at radius 2 is 1.92 bits per heavy atom. The van der Waals surface area contributed by atoms with E-state index in [0.29, 0.717) is 13.2 Å². The number of nitrogens with zero attached hydrogens (tertiary/aromatic N) is 1. The topological polar surface area (TPSA) is 51.2 Å².